The van der Waals surface area contributed by atoms with Gasteiger partial charge < -0.3 is 9.29 Å². The molecule has 0 spiro atoms. The molecule has 0 saturated heterocycles. The van der Waals surface area contributed by atoms with E-state index in [9.17, 15) is 31.5 Å². The molecule has 0 amide bonds. The minimum absolute atomic E-state index is 0. The Morgan fingerprint density at radius 2 is 1.57 bits per heavy atom. The summed E-state index contributed by atoms with van der Waals surface area (Å²) in [6.45, 7) is 3.80. The highest BCUT2D eigenvalue weighted by atomic mass is 32.2. The van der Waals surface area contributed by atoms with Crippen LogP contribution in [0.15, 0.2) is 47.1 Å². The molecule has 5 atom stereocenters. The zero-order valence-corrected chi connectivity index (χ0v) is 27.5. The van der Waals surface area contributed by atoms with Gasteiger partial charge in [-0.15, -0.1) is 5.92 Å². The third kappa shape index (κ3) is 7.85. The number of benzene rings is 1. The van der Waals surface area contributed by atoms with Gasteiger partial charge in [-0.25, -0.2) is 0 Å². The van der Waals surface area contributed by atoms with E-state index in [1.807, 2.05) is 0 Å². The van der Waals surface area contributed by atoms with E-state index in [4.69, 9.17) is 0 Å². The Kier molecular flexibility index (Phi) is 17.8. The average molecular weight is 719 g/mol. The smallest absolute Gasteiger partial charge is 0.377 e. The fraction of sp³-hybridized carbons (Fsp3) is 0.581. The quantitative estimate of drug-likeness (QED) is 0.195. The number of alkyl halides is 3. The highest BCUT2D eigenvalue weighted by Crippen LogP contribution is 2.66. The third-order valence-electron chi connectivity index (χ3n) is 8.99. The van der Waals surface area contributed by atoms with E-state index < -0.39 is 32.4 Å². The standard InChI is InChI=1S/C28H29F3O5S.3CH4.4H2S/c1-3-13-27(33)14-12-24-22-10-6-18-15-19(32)7-11-21(18)25(22)23(16-26(24,27)2)17-4-8-20(9-5-17)36-37(34,35)28(29,30)31;;;;;;;/h4-5,8-9,15,22-24,33H,6-7,10-12,14,16H2,1-2H3;3*1H4;4*1H2/t22-,23+,24-,26-,27-;;;;;;;/m0......./s1. The second kappa shape index (κ2) is 16.6. The van der Waals surface area contributed by atoms with Gasteiger partial charge >= 0.3 is 15.6 Å². The molecular weight excluding hydrogens is 670 g/mol. The number of rotatable bonds is 3. The number of ketones is 1. The summed E-state index contributed by atoms with van der Waals surface area (Å²) in [6.07, 6.45) is 6.50. The van der Waals surface area contributed by atoms with Crippen molar-refractivity contribution in [3.63, 3.8) is 0 Å². The van der Waals surface area contributed by atoms with Crippen LogP contribution in [0.5, 0.6) is 5.75 Å². The molecule has 4 aliphatic carbocycles. The lowest BCUT2D eigenvalue weighted by Gasteiger charge is -2.53. The Hall–Kier alpha value is -1.17. The summed E-state index contributed by atoms with van der Waals surface area (Å²) < 4.78 is 65.5. The van der Waals surface area contributed by atoms with Crippen LogP contribution in [-0.2, 0) is 14.9 Å². The lowest BCUT2D eigenvalue weighted by molar-refractivity contribution is -0.114. The van der Waals surface area contributed by atoms with Crippen molar-refractivity contribution in [1.82, 2.24) is 0 Å². The molecule has 13 heteroatoms. The summed E-state index contributed by atoms with van der Waals surface area (Å²) in [5.41, 5.74) is -2.86. The minimum atomic E-state index is -5.77. The molecule has 1 aromatic carbocycles. The van der Waals surface area contributed by atoms with Gasteiger partial charge in [0, 0.05) is 17.8 Å². The number of carbonyl (C=O) groups excluding carboxylic acids is 1. The van der Waals surface area contributed by atoms with E-state index in [-0.39, 0.29) is 99.8 Å². The number of allylic oxidation sites excluding steroid dienone is 4. The predicted molar refractivity (Wildman–Crippen MR) is 192 cm³/mol. The molecule has 44 heavy (non-hydrogen) atoms. The molecule has 2 saturated carbocycles. The molecule has 0 radical (unpaired) electrons. The van der Waals surface area contributed by atoms with Gasteiger partial charge in [0.2, 0.25) is 0 Å². The molecule has 1 N–H and O–H groups in total. The molecule has 0 unspecified atom stereocenters. The van der Waals surface area contributed by atoms with E-state index >= 15 is 0 Å². The molecule has 0 aliphatic heterocycles. The number of hydrogen-bond donors (Lipinski definition) is 1. The maximum absolute atomic E-state index is 12.8. The number of halogens is 3. The summed E-state index contributed by atoms with van der Waals surface area (Å²) >= 11 is 0. The predicted octanol–water partition coefficient (Wildman–Crippen LogP) is 7.93. The maximum Gasteiger partial charge on any atom is 0.534 e. The lowest BCUT2D eigenvalue weighted by Crippen LogP contribution is -2.51. The number of aliphatic hydroxyl groups is 1. The van der Waals surface area contributed by atoms with Crippen molar-refractivity contribution in [2.24, 2.45) is 17.3 Å². The van der Waals surface area contributed by atoms with Crippen molar-refractivity contribution < 1.29 is 35.7 Å². The van der Waals surface area contributed by atoms with Crippen molar-refractivity contribution >= 4 is 69.9 Å². The van der Waals surface area contributed by atoms with Crippen molar-refractivity contribution in [3.8, 4) is 17.6 Å². The van der Waals surface area contributed by atoms with Gasteiger partial charge in [-0.1, -0.05) is 52.8 Å². The Labute approximate surface area is 289 Å². The van der Waals surface area contributed by atoms with Gasteiger partial charge in [0.25, 0.3) is 0 Å². The maximum atomic E-state index is 12.8. The lowest BCUT2D eigenvalue weighted by atomic mass is 9.51. The Bertz CT molecular complexity index is 1380. The van der Waals surface area contributed by atoms with Gasteiger partial charge in [-0.05, 0) is 92.2 Å². The Morgan fingerprint density at radius 3 is 2.11 bits per heavy atom. The van der Waals surface area contributed by atoms with E-state index in [1.54, 1.807) is 25.1 Å². The first-order valence-corrected chi connectivity index (χ1v) is 13.9. The fourth-order valence-corrected chi connectivity index (χ4v) is 7.76. The molecule has 5 rings (SSSR count). The SMILES string of the molecule is C.C.C.CC#C[C@]1(O)CC[C@H]2[C@@H]3CCC4=CC(=O)CCC4=C3[C@@H](c3ccc(OS(=O)(=O)C(F)(F)F)cc3)C[C@@]21C.S.S.S.S. The summed E-state index contributed by atoms with van der Waals surface area (Å²) in [5.74, 6) is 5.94. The van der Waals surface area contributed by atoms with Crippen molar-refractivity contribution in [2.75, 3.05) is 0 Å². The van der Waals surface area contributed by atoms with Gasteiger partial charge in [-0.2, -0.15) is 75.6 Å². The van der Waals surface area contributed by atoms with Crippen LogP contribution in [-0.4, -0.2) is 30.4 Å². The van der Waals surface area contributed by atoms with E-state index in [2.05, 4.69) is 22.9 Å². The van der Waals surface area contributed by atoms with Crippen LogP contribution in [0.2, 0.25) is 0 Å². The van der Waals surface area contributed by atoms with E-state index in [1.165, 1.54) is 23.3 Å². The zero-order chi connectivity index (χ0) is 26.8. The first-order chi connectivity index (χ1) is 17.3. The van der Waals surface area contributed by atoms with Crippen LogP contribution in [0.1, 0.15) is 92.6 Å². The Balaban J connectivity index is -0.00000240. The van der Waals surface area contributed by atoms with Crippen molar-refractivity contribution in [2.45, 2.75) is 98.1 Å². The number of hydrogen-bond acceptors (Lipinski definition) is 5. The van der Waals surface area contributed by atoms with Crippen LogP contribution in [0.25, 0.3) is 0 Å². The Morgan fingerprint density at radius 1 is 0.977 bits per heavy atom. The average Bonchev–Trinajstić information content (AvgIpc) is 3.08. The molecule has 0 aromatic heterocycles. The largest absolute Gasteiger partial charge is 0.534 e. The molecule has 4 aliphatic rings. The molecule has 5 nitrogen and oxygen atoms in total. The summed E-state index contributed by atoms with van der Waals surface area (Å²) in [7, 11) is -5.77. The summed E-state index contributed by atoms with van der Waals surface area (Å²) in [6, 6.07) is 5.69. The zero-order valence-electron chi connectivity index (χ0n) is 22.7. The van der Waals surface area contributed by atoms with Crippen LogP contribution < -0.4 is 4.18 Å². The fourth-order valence-electron chi connectivity index (χ4n) is 7.31. The summed E-state index contributed by atoms with van der Waals surface area (Å²) in [4.78, 5) is 12.2. The van der Waals surface area contributed by atoms with E-state index in [0.717, 1.165) is 30.4 Å². The highest BCUT2D eigenvalue weighted by Gasteiger charge is 2.62. The number of fused-ring (bicyclic) bond motifs is 4. The van der Waals surface area contributed by atoms with Gasteiger partial charge in [0.1, 0.15) is 11.4 Å². The molecule has 0 bridgehead atoms. The van der Waals surface area contributed by atoms with Crippen LogP contribution in [0, 0.1) is 29.1 Å². The monoisotopic (exact) mass is 718 g/mol. The van der Waals surface area contributed by atoms with Gasteiger partial charge in [0.05, 0.1) is 0 Å². The highest BCUT2D eigenvalue weighted by molar-refractivity contribution is 7.88. The topological polar surface area (TPSA) is 80.7 Å². The van der Waals surface area contributed by atoms with Gasteiger partial charge in [0.15, 0.2) is 5.78 Å². The van der Waals surface area contributed by atoms with E-state index in [0.29, 0.717) is 25.7 Å². The molecule has 1 aromatic rings. The van der Waals surface area contributed by atoms with Crippen LogP contribution in [0.4, 0.5) is 13.2 Å². The van der Waals surface area contributed by atoms with Crippen LogP contribution in [0.3, 0.4) is 0 Å². The van der Waals surface area contributed by atoms with Crippen molar-refractivity contribution in [3.05, 3.63) is 52.6 Å². The molecule has 2 fully saturated rings. The third-order valence-corrected chi connectivity index (χ3v) is 9.97. The molecular formula is C31H49F3O5S5. The first kappa shape index (κ1) is 47.2. The van der Waals surface area contributed by atoms with Crippen LogP contribution >= 0.6 is 54.0 Å². The first-order valence-electron chi connectivity index (χ1n) is 12.5. The van der Waals surface area contributed by atoms with Crippen molar-refractivity contribution in [1.29, 1.82) is 0 Å². The normalized spacial score (nSPS) is 28.2. The number of carbonyl (C=O) groups is 1. The second-order valence-electron chi connectivity index (χ2n) is 10.8. The minimum Gasteiger partial charge on any atom is -0.377 e. The van der Waals surface area contributed by atoms with Gasteiger partial charge in [-0.3, -0.25) is 4.79 Å². The summed E-state index contributed by atoms with van der Waals surface area (Å²) in [5, 5.41) is 11.7. The second-order valence-corrected chi connectivity index (χ2v) is 12.4. The molecule has 0 heterocycles. The molecule has 254 valence electrons.